The van der Waals surface area contributed by atoms with Gasteiger partial charge >= 0.3 is 0 Å². The third-order valence-corrected chi connectivity index (χ3v) is 3.33. The van der Waals surface area contributed by atoms with E-state index in [9.17, 15) is 13.2 Å². The first-order chi connectivity index (χ1) is 7.15. The van der Waals surface area contributed by atoms with E-state index >= 15 is 0 Å². The van der Waals surface area contributed by atoms with Crippen molar-refractivity contribution in [2.75, 3.05) is 0 Å². The zero-order valence-corrected chi connectivity index (χ0v) is 8.35. The highest BCUT2D eigenvalue weighted by Crippen LogP contribution is 2.45. The fourth-order valence-electron chi connectivity index (χ4n) is 2.42. The predicted octanol–water partition coefficient (Wildman–Crippen LogP) is 3.90. The van der Waals surface area contributed by atoms with Crippen LogP contribution in [0.25, 0.3) is 0 Å². The van der Waals surface area contributed by atoms with Crippen LogP contribution >= 0.6 is 0 Å². The Morgan fingerprint density at radius 1 is 1.00 bits per heavy atom. The molecule has 1 aliphatic rings. The van der Waals surface area contributed by atoms with Crippen molar-refractivity contribution in [1.29, 1.82) is 0 Å². The summed E-state index contributed by atoms with van der Waals surface area (Å²) in [6, 6.07) is 5.51. The van der Waals surface area contributed by atoms with Crippen LogP contribution in [0.2, 0.25) is 0 Å². The van der Waals surface area contributed by atoms with Gasteiger partial charge in [-0.3, -0.25) is 0 Å². The molecule has 1 saturated carbocycles. The molecule has 0 aliphatic heterocycles. The summed E-state index contributed by atoms with van der Waals surface area (Å²) in [5.41, 5.74) is -0.440. The summed E-state index contributed by atoms with van der Waals surface area (Å²) in [6.07, 6.45) is 0.334. The lowest BCUT2D eigenvalue weighted by Crippen LogP contribution is -2.31. The van der Waals surface area contributed by atoms with Gasteiger partial charge in [0.2, 0.25) is 6.43 Å². The second kappa shape index (κ2) is 3.87. The van der Waals surface area contributed by atoms with Gasteiger partial charge < -0.3 is 0 Å². The molecule has 2 rings (SSSR count). The molecule has 0 N–H and O–H groups in total. The van der Waals surface area contributed by atoms with E-state index < -0.39 is 11.8 Å². The van der Waals surface area contributed by atoms with Crippen LogP contribution < -0.4 is 0 Å². The Hall–Kier alpha value is -0.990. The van der Waals surface area contributed by atoms with Crippen LogP contribution in [0.4, 0.5) is 13.2 Å². The quantitative estimate of drug-likeness (QED) is 0.700. The molecule has 3 heteroatoms. The second-order valence-corrected chi connectivity index (χ2v) is 4.17. The van der Waals surface area contributed by atoms with E-state index in [1.54, 1.807) is 0 Å². The monoisotopic (exact) mass is 214 g/mol. The Labute approximate surface area is 87.1 Å². The molecular weight excluding hydrogens is 201 g/mol. The van der Waals surface area contributed by atoms with E-state index in [2.05, 4.69) is 0 Å². The minimum atomic E-state index is -2.36. The van der Waals surface area contributed by atoms with Crippen molar-refractivity contribution in [3.8, 4) is 0 Å². The lowest BCUT2D eigenvalue weighted by Gasteiger charge is -2.28. The van der Waals surface area contributed by atoms with Crippen LogP contribution in [0.3, 0.4) is 0 Å². The Morgan fingerprint density at radius 2 is 1.53 bits per heavy atom. The topological polar surface area (TPSA) is 0 Å². The lowest BCUT2D eigenvalue weighted by molar-refractivity contribution is 0.0521. The van der Waals surface area contributed by atoms with Crippen molar-refractivity contribution in [1.82, 2.24) is 0 Å². The molecule has 0 saturated heterocycles. The van der Waals surface area contributed by atoms with E-state index in [0.717, 1.165) is 12.8 Å². The van der Waals surface area contributed by atoms with E-state index in [4.69, 9.17) is 0 Å². The highest BCUT2D eigenvalue weighted by Gasteiger charge is 2.43. The molecule has 0 aromatic heterocycles. The minimum Gasteiger partial charge on any atom is -0.210 e. The zero-order valence-electron chi connectivity index (χ0n) is 8.35. The van der Waals surface area contributed by atoms with Gasteiger partial charge in [0.25, 0.3) is 0 Å². The minimum absolute atomic E-state index is 0.374. The summed E-state index contributed by atoms with van der Waals surface area (Å²) in [5, 5.41) is 0. The average molecular weight is 214 g/mol. The fraction of sp³-hybridized carbons (Fsp3) is 0.500. The molecule has 1 aliphatic carbocycles. The van der Waals surface area contributed by atoms with E-state index in [1.807, 2.05) is 0 Å². The van der Waals surface area contributed by atoms with Crippen molar-refractivity contribution in [3.63, 3.8) is 0 Å². The highest BCUT2D eigenvalue weighted by atomic mass is 19.3. The van der Waals surface area contributed by atoms with Crippen LogP contribution in [0.15, 0.2) is 24.3 Å². The smallest absolute Gasteiger partial charge is 0.210 e. The van der Waals surface area contributed by atoms with Gasteiger partial charge in [-0.25, -0.2) is 13.2 Å². The van der Waals surface area contributed by atoms with Crippen LogP contribution in [0, 0.1) is 5.82 Å². The maximum Gasteiger partial charge on any atom is 0.248 e. The van der Waals surface area contributed by atoms with E-state index in [-0.39, 0.29) is 5.82 Å². The van der Waals surface area contributed by atoms with Gasteiger partial charge in [-0.15, -0.1) is 0 Å². The largest absolute Gasteiger partial charge is 0.248 e. The number of rotatable bonds is 2. The molecule has 0 bridgehead atoms. The van der Waals surface area contributed by atoms with Gasteiger partial charge in [-0.1, -0.05) is 25.0 Å². The van der Waals surface area contributed by atoms with Crippen LogP contribution in [0.5, 0.6) is 0 Å². The fourth-order valence-corrected chi connectivity index (χ4v) is 2.42. The average Bonchev–Trinajstić information content (AvgIpc) is 2.69. The molecule has 15 heavy (non-hydrogen) atoms. The summed E-state index contributed by atoms with van der Waals surface area (Å²) in [6.45, 7) is 0. The number of halogens is 3. The Bertz CT molecular complexity index is 323. The van der Waals surface area contributed by atoms with Gasteiger partial charge in [-0.05, 0) is 30.5 Å². The van der Waals surface area contributed by atoms with Crippen LogP contribution in [-0.4, -0.2) is 6.43 Å². The third kappa shape index (κ3) is 1.75. The SMILES string of the molecule is Fc1ccc(C2(C(F)F)CCCC2)cc1. The molecular formula is C12H13F3. The van der Waals surface area contributed by atoms with E-state index in [0.29, 0.717) is 18.4 Å². The molecule has 0 nitrogen and oxygen atoms in total. The normalized spacial score (nSPS) is 19.7. The molecule has 1 fully saturated rings. The number of alkyl halides is 2. The lowest BCUT2D eigenvalue weighted by atomic mass is 9.79. The van der Waals surface area contributed by atoms with Crippen molar-refractivity contribution in [2.24, 2.45) is 0 Å². The molecule has 0 heterocycles. The van der Waals surface area contributed by atoms with Gasteiger partial charge in [-0.2, -0.15) is 0 Å². The number of hydrogen-bond acceptors (Lipinski definition) is 0. The van der Waals surface area contributed by atoms with Crippen molar-refractivity contribution >= 4 is 0 Å². The Morgan fingerprint density at radius 3 is 2.00 bits per heavy atom. The molecule has 0 unspecified atom stereocenters. The van der Waals surface area contributed by atoms with Crippen molar-refractivity contribution in [3.05, 3.63) is 35.6 Å². The van der Waals surface area contributed by atoms with Crippen molar-refractivity contribution < 1.29 is 13.2 Å². The maximum absolute atomic E-state index is 13.1. The van der Waals surface area contributed by atoms with Gasteiger partial charge in [0.05, 0.1) is 5.41 Å². The zero-order chi connectivity index (χ0) is 10.9. The molecule has 82 valence electrons. The maximum atomic E-state index is 13.1. The van der Waals surface area contributed by atoms with Gasteiger partial charge in [0.15, 0.2) is 0 Å². The summed E-state index contributed by atoms with van der Waals surface area (Å²) in [5.74, 6) is -0.374. The Balaban J connectivity index is 2.36. The van der Waals surface area contributed by atoms with Gasteiger partial charge in [0, 0.05) is 0 Å². The molecule has 1 aromatic rings. The molecule has 1 aromatic carbocycles. The second-order valence-electron chi connectivity index (χ2n) is 4.17. The summed E-state index contributed by atoms with van der Waals surface area (Å²) in [7, 11) is 0. The summed E-state index contributed by atoms with van der Waals surface area (Å²) >= 11 is 0. The standard InChI is InChI=1S/C12H13F3/c13-10-5-3-9(4-6-10)12(11(14)15)7-1-2-8-12/h3-6,11H,1-2,7-8H2. The third-order valence-electron chi connectivity index (χ3n) is 3.33. The molecule has 0 atom stereocenters. The van der Waals surface area contributed by atoms with E-state index in [1.165, 1.54) is 24.3 Å². The summed E-state index contributed by atoms with van der Waals surface area (Å²) < 4.78 is 38.9. The first-order valence-corrected chi connectivity index (χ1v) is 5.19. The van der Waals surface area contributed by atoms with Crippen LogP contribution in [-0.2, 0) is 5.41 Å². The first kappa shape index (κ1) is 10.5. The Kier molecular flexibility index (Phi) is 2.72. The number of benzene rings is 1. The van der Waals surface area contributed by atoms with Crippen LogP contribution in [0.1, 0.15) is 31.2 Å². The molecule has 0 spiro atoms. The molecule has 0 amide bonds. The highest BCUT2D eigenvalue weighted by molar-refractivity contribution is 5.28. The predicted molar refractivity (Wildman–Crippen MR) is 52.6 cm³/mol. The van der Waals surface area contributed by atoms with Crippen molar-refractivity contribution in [2.45, 2.75) is 37.5 Å². The summed E-state index contributed by atoms with van der Waals surface area (Å²) in [4.78, 5) is 0. The number of hydrogen-bond donors (Lipinski definition) is 0. The first-order valence-electron chi connectivity index (χ1n) is 5.19. The van der Waals surface area contributed by atoms with Gasteiger partial charge in [0.1, 0.15) is 5.82 Å². The molecule has 0 radical (unpaired) electrons.